The highest BCUT2D eigenvalue weighted by Crippen LogP contribution is 2.15. The molecule has 2 rings (SSSR count). The Morgan fingerprint density at radius 2 is 2.04 bits per heavy atom. The van der Waals surface area contributed by atoms with Crippen LogP contribution in [-0.2, 0) is 11.3 Å². The van der Waals surface area contributed by atoms with Gasteiger partial charge < -0.3 is 19.9 Å². The van der Waals surface area contributed by atoms with Gasteiger partial charge in [0.15, 0.2) is 11.8 Å². The van der Waals surface area contributed by atoms with E-state index in [4.69, 9.17) is 9.26 Å². The number of benzene rings is 1. The molecular weight excluding hydrogens is 433 g/mol. The average Bonchev–Trinajstić information content (AvgIpc) is 3.03. The first-order valence-corrected chi connectivity index (χ1v) is 8.09. The summed E-state index contributed by atoms with van der Waals surface area (Å²) in [5.74, 6) is 1.86. The molecule has 8 heteroatoms. The molecule has 0 aliphatic carbocycles. The van der Waals surface area contributed by atoms with Crippen molar-refractivity contribution in [2.75, 3.05) is 20.2 Å². The topological polar surface area (TPSA) is 84.6 Å². The number of aliphatic imine (C=N–C) groups is 1. The number of nitrogens with one attached hydrogen (secondary N) is 2. The van der Waals surface area contributed by atoms with Gasteiger partial charge in [-0.15, -0.1) is 24.0 Å². The number of hydrogen-bond acceptors (Lipinski definition) is 5. The summed E-state index contributed by atoms with van der Waals surface area (Å²) in [5.41, 5.74) is 1.19. The first kappa shape index (κ1) is 21.4. The fourth-order valence-electron chi connectivity index (χ4n) is 2.15. The molecule has 0 fully saturated rings. The second kappa shape index (κ2) is 11.8. The lowest BCUT2D eigenvalue weighted by Crippen LogP contribution is -2.37. The molecule has 0 saturated carbocycles. The van der Waals surface area contributed by atoms with Crippen molar-refractivity contribution in [3.63, 3.8) is 0 Å². The molecule has 0 aliphatic heterocycles. The van der Waals surface area contributed by atoms with E-state index in [0.717, 1.165) is 13.0 Å². The summed E-state index contributed by atoms with van der Waals surface area (Å²) in [7, 11) is 1.72. The van der Waals surface area contributed by atoms with Crippen molar-refractivity contribution in [2.24, 2.45) is 4.99 Å². The third-order valence-electron chi connectivity index (χ3n) is 3.45. The molecule has 25 heavy (non-hydrogen) atoms. The number of halogens is 1. The molecule has 0 radical (unpaired) electrons. The van der Waals surface area contributed by atoms with Gasteiger partial charge in [-0.1, -0.05) is 35.5 Å². The number of aryl methyl sites for hydroxylation is 1. The number of aromatic nitrogens is 2. The molecular formula is C17H26IN5O2. The van der Waals surface area contributed by atoms with Gasteiger partial charge in [0.05, 0.1) is 12.6 Å². The van der Waals surface area contributed by atoms with E-state index < -0.39 is 0 Å². The number of ether oxygens (including phenoxy) is 1. The summed E-state index contributed by atoms with van der Waals surface area (Å²) >= 11 is 0. The lowest BCUT2D eigenvalue weighted by atomic mass is 10.1. The zero-order valence-corrected chi connectivity index (χ0v) is 17.2. The molecule has 0 saturated heterocycles. The summed E-state index contributed by atoms with van der Waals surface area (Å²) in [6.45, 7) is 5.75. The lowest BCUT2D eigenvalue weighted by Gasteiger charge is -2.14. The van der Waals surface area contributed by atoms with E-state index in [1.54, 1.807) is 14.0 Å². The zero-order valence-electron chi connectivity index (χ0n) is 14.9. The Morgan fingerprint density at radius 1 is 1.28 bits per heavy atom. The standard InChI is InChI=1S/C17H25N5O2.HI/c1-13(15-8-5-4-6-9-15)23-11-7-10-19-17(18-3)20-12-16-21-14(2)22-24-16;/h4-6,8-9,13H,7,10-12H2,1-3H3,(H2,18,19,20);1H. The van der Waals surface area contributed by atoms with E-state index in [1.165, 1.54) is 5.56 Å². The summed E-state index contributed by atoms with van der Waals surface area (Å²) in [4.78, 5) is 8.29. The van der Waals surface area contributed by atoms with Gasteiger partial charge in [0.1, 0.15) is 0 Å². The third-order valence-corrected chi connectivity index (χ3v) is 3.45. The molecule has 0 bridgehead atoms. The van der Waals surface area contributed by atoms with Crippen LogP contribution in [0, 0.1) is 6.92 Å². The van der Waals surface area contributed by atoms with Crippen molar-refractivity contribution in [2.45, 2.75) is 32.9 Å². The molecule has 7 nitrogen and oxygen atoms in total. The molecule has 2 aromatic rings. The molecule has 0 amide bonds. The SMILES string of the molecule is CN=C(NCCCOC(C)c1ccccc1)NCc1nc(C)no1.I. The monoisotopic (exact) mass is 459 g/mol. The number of rotatable bonds is 8. The summed E-state index contributed by atoms with van der Waals surface area (Å²) in [6.07, 6.45) is 0.988. The molecule has 0 spiro atoms. The second-order valence-electron chi connectivity index (χ2n) is 5.37. The van der Waals surface area contributed by atoms with Crippen LogP contribution in [0.15, 0.2) is 39.8 Å². The maximum absolute atomic E-state index is 5.84. The van der Waals surface area contributed by atoms with Crippen LogP contribution in [0.4, 0.5) is 0 Å². The van der Waals surface area contributed by atoms with Gasteiger partial charge in [0, 0.05) is 20.2 Å². The van der Waals surface area contributed by atoms with Gasteiger partial charge in [0.25, 0.3) is 0 Å². The molecule has 1 atom stereocenters. The van der Waals surface area contributed by atoms with Crippen molar-refractivity contribution < 1.29 is 9.26 Å². The van der Waals surface area contributed by atoms with Crippen molar-refractivity contribution in [3.8, 4) is 0 Å². The van der Waals surface area contributed by atoms with Crippen LogP contribution in [0.3, 0.4) is 0 Å². The fraction of sp³-hybridized carbons (Fsp3) is 0.471. The highest BCUT2D eigenvalue weighted by molar-refractivity contribution is 14.0. The Balaban J connectivity index is 0.00000312. The van der Waals surface area contributed by atoms with E-state index in [9.17, 15) is 0 Å². The number of nitrogens with zero attached hydrogens (tertiary/aromatic N) is 3. The largest absolute Gasteiger partial charge is 0.374 e. The van der Waals surface area contributed by atoms with Crippen molar-refractivity contribution in [1.29, 1.82) is 0 Å². The molecule has 1 aromatic carbocycles. The van der Waals surface area contributed by atoms with Crippen LogP contribution in [0.2, 0.25) is 0 Å². The third kappa shape index (κ3) is 7.82. The fourth-order valence-corrected chi connectivity index (χ4v) is 2.15. The molecule has 138 valence electrons. The maximum Gasteiger partial charge on any atom is 0.246 e. The number of hydrogen-bond donors (Lipinski definition) is 2. The van der Waals surface area contributed by atoms with Crippen molar-refractivity contribution >= 4 is 29.9 Å². The predicted octanol–water partition coefficient (Wildman–Crippen LogP) is 2.83. The van der Waals surface area contributed by atoms with Crippen LogP contribution < -0.4 is 10.6 Å². The smallest absolute Gasteiger partial charge is 0.246 e. The molecule has 1 unspecified atom stereocenters. The molecule has 1 aromatic heterocycles. The second-order valence-corrected chi connectivity index (χ2v) is 5.37. The van der Waals surface area contributed by atoms with Crippen LogP contribution in [0.25, 0.3) is 0 Å². The van der Waals surface area contributed by atoms with Gasteiger partial charge in [-0.25, -0.2) is 0 Å². The van der Waals surface area contributed by atoms with Gasteiger partial charge >= 0.3 is 0 Å². The highest BCUT2D eigenvalue weighted by Gasteiger charge is 2.05. The van der Waals surface area contributed by atoms with E-state index in [2.05, 4.69) is 44.8 Å². The van der Waals surface area contributed by atoms with Crippen LogP contribution in [-0.4, -0.2) is 36.3 Å². The van der Waals surface area contributed by atoms with Gasteiger partial charge in [-0.2, -0.15) is 4.98 Å². The minimum Gasteiger partial charge on any atom is -0.374 e. The van der Waals surface area contributed by atoms with Crippen LogP contribution >= 0.6 is 24.0 Å². The lowest BCUT2D eigenvalue weighted by molar-refractivity contribution is 0.0646. The number of guanidine groups is 1. The van der Waals surface area contributed by atoms with E-state index in [0.29, 0.717) is 30.8 Å². The first-order chi connectivity index (χ1) is 11.7. The molecule has 1 heterocycles. The van der Waals surface area contributed by atoms with Gasteiger partial charge in [0.2, 0.25) is 5.89 Å². The normalized spacial score (nSPS) is 12.4. The van der Waals surface area contributed by atoms with Gasteiger partial charge in [-0.05, 0) is 25.8 Å². The van der Waals surface area contributed by atoms with Crippen molar-refractivity contribution in [3.05, 3.63) is 47.6 Å². The summed E-state index contributed by atoms with van der Waals surface area (Å²) in [6, 6.07) is 10.2. The Labute approximate surface area is 165 Å². The maximum atomic E-state index is 5.84. The Bertz CT molecular complexity index is 633. The summed E-state index contributed by atoms with van der Waals surface area (Å²) in [5, 5.41) is 10.1. The molecule has 0 aliphatic rings. The van der Waals surface area contributed by atoms with Crippen LogP contribution in [0.5, 0.6) is 0 Å². The Morgan fingerprint density at radius 3 is 2.68 bits per heavy atom. The first-order valence-electron chi connectivity index (χ1n) is 8.09. The average molecular weight is 459 g/mol. The van der Waals surface area contributed by atoms with E-state index in [-0.39, 0.29) is 30.1 Å². The molecule has 2 N–H and O–H groups in total. The minimum absolute atomic E-state index is 0. The minimum atomic E-state index is 0. The quantitative estimate of drug-likeness (QED) is 0.274. The Hall–Kier alpha value is -1.68. The predicted molar refractivity (Wildman–Crippen MR) is 108 cm³/mol. The van der Waals surface area contributed by atoms with Gasteiger partial charge in [-0.3, -0.25) is 4.99 Å². The summed E-state index contributed by atoms with van der Waals surface area (Å²) < 4.78 is 10.9. The highest BCUT2D eigenvalue weighted by atomic mass is 127. The Kier molecular flexibility index (Phi) is 10.1. The van der Waals surface area contributed by atoms with E-state index in [1.807, 2.05) is 18.2 Å². The van der Waals surface area contributed by atoms with Crippen LogP contribution in [0.1, 0.15) is 36.7 Å². The van der Waals surface area contributed by atoms with E-state index >= 15 is 0 Å². The zero-order chi connectivity index (χ0) is 17.2. The van der Waals surface area contributed by atoms with Crippen molar-refractivity contribution in [1.82, 2.24) is 20.8 Å².